The highest BCUT2D eigenvalue weighted by atomic mass is 16.5. The zero-order chi connectivity index (χ0) is 20.5. The zero-order valence-corrected chi connectivity index (χ0v) is 17.4. The van der Waals surface area contributed by atoms with Crippen LogP contribution in [0, 0.1) is 17.8 Å². The first-order chi connectivity index (χ1) is 14.7. The number of carbonyl (C=O) groups is 1. The Morgan fingerprint density at radius 2 is 1.97 bits per heavy atom. The van der Waals surface area contributed by atoms with Crippen molar-refractivity contribution in [3.05, 3.63) is 42.7 Å². The Labute approximate surface area is 177 Å². The summed E-state index contributed by atoms with van der Waals surface area (Å²) in [5.74, 6) is 2.37. The van der Waals surface area contributed by atoms with Gasteiger partial charge in [0.2, 0.25) is 0 Å². The molecule has 2 amide bonds. The Morgan fingerprint density at radius 3 is 2.70 bits per heavy atom. The van der Waals surface area contributed by atoms with Gasteiger partial charge in [-0.1, -0.05) is 12.1 Å². The molecular formula is C23H30N4O3. The number of rotatable bonds is 6. The van der Waals surface area contributed by atoms with Gasteiger partial charge in [-0.15, -0.1) is 0 Å². The average Bonchev–Trinajstić information content (AvgIpc) is 3.25. The van der Waals surface area contributed by atoms with E-state index in [0.717, 1.165) is 38.5 Å². The van der Waals surface area contributed by atoms with Crippen molar-refractivity contribution < 1.29 is 14.3 Å². The first kappa shape index (κ1) is 19.4. The van der Waals surface area contributed by atoms with Crippen LogP contribution in [-0.2, 0) is 4.74 Å². The zero-order valence-electron chi connectivity index (χ0n) is 17.4. The minimum absolute atomic E-state index is 0.0556. The molecule has 0 unspecified atom stereocenters. The second-order valence-electron chi connectivity index (χ2n) is 8.90. The molecule has 3 fully saturated rings. The van der Waals surface area contributed by atoms with E-state index in [1.807, 2.05) is 47.6 Å². The number of para-hydroxylation sites is 2. The maximum atomic E-state index is 13.0. The van der Waals surface area contributed by atoms with Crippen LogP contribution in [0.5, 0.6) is 5.75 Å². The van der Waals surface area contributed by atoms with Gasteiger partial charge in [0.1, 0.15) is 5.75 Å². The van der Waals surface area contributed by atoms with Gasteiger partial charge in [0.25, 0.3) is 0 Å². The molecule has 1 N–H and O–H groups in total. The minimum atomic E-state index is -0.0556. The van der Waals surface area contributed by atoms with Crippen LogP contribution in [-0.4, -0.2) is 53.6 Å². The van der Waals surface area contributed by atoms with E-state index in [-0.39, 0.29) is 18.2 Å². The molecule has 3 aliphatic rings. The maximum absolute atomic E-state index is 13.0. The van der Waals surface area contributed by atoms with E-state index in [1.54, 1.807) is 7.11 Å². The van der Waals surface area contributed by atoms with Crippen molar-refractivity contribution in [2.75, 3.05) is 32.1 Å². The molecule has 160 valence electrons. The normalized spacial score (nSPS) is 28.2. The monoisotopic (exact) mass is 410 g/mol. The number of benzene rings is 1. The number of nitrogens with one attached hydrogen (secondary N) is 1. The molecular weight excluding hydrogens is 380 g/mol. The molecule has 7 heteroatoms. The number of likely N-dealkylation sites (tertiary alicyclic amines) is 1. The summed E-state index contributed by atoms with van der Waals surface area (Å²) in [5.41, 5.74) is 0.708. The molecule has 0 spiro atoms. The number of aromatic nitrogens is 2. The van der Waals surface area contributed by atoms with Crippen LogP contribution in [0.2, 0.25) is 0 Å². The number of urea groups is 1. The third kappa shape index (κ3) is 4.03. The summed E-state index contributed by atoms with van der Waals surface area (Å²) in [5, 5.41) is 7.53. The lowest BCUT2D eigenvalue weighted by Crippen LogP contribution is -2.38. The molecule has 1 saturated heterocycles. The molecule has 1 aromatic heterocycles. The van der Waals surface area contributed by atoms with E-state index in [9.17, 15) is 4.79 Å². The van der Waals surface area contributed by atoms with Gasteiger partial charge in [-0.05, 0) is 61.6 Å². The highest BCUT2D eigenvalue weighted by Gasteiger charge is 2.45. The highest BCUT2D eigenvalue weighted by molar-refractivity contribution is 5.91. The van der Waals surface area contributed by atoms with E-state index in [1.165, 1.54) is 12.8 Å². The fourth-order valence-electron chi connectivity index (χ4n) is 4.98. The topological polar surface area (TPSA) is 68.6 Å². The fourth-order valence-corrected chi connectivity index (χ4v) is 4.98. The van der Waals surface area contributed by atoms with Gasteiger partial charge in [-0.3, -0.25) is 4.68 Å². The predicted octanol–water partition coefficient (Wildman–Crippen LogP) is 3.80. The van der Waals surface area contributed by atoms with Gasteiger partial charge in [0.15, 0.2) is 0 Å². The quantitative estimate of drug-likeness (QED) is 0.786. The lowest BCUT2D eigenvalue weighted by atomic mass is 9.77. The van der Waals surface area contributed by atoms with E-state index in [4.69, 9.17) is 9.47 Å². The summed E-state index contributed by atoms with van der Waals surface area (Å²) in [7, 11) is 1.62. The molecule has 2 saturated carbocycles. The van der Waals surface area contributed by atoms with E-state index in [2.05, 4.69) is 15.1 Å². The van der Waals surface area contributed by atoms with Crippen LogP contribution in [0.3, 0.4) is 0 Å². The Hall–Kier alpha value is -2.54. The fraction of sp³-hybridized carbons (Fsp3) is 0.565. The molecule has 4 atom stereocenters. The first-order valence-electron chi connectivity index (χ1n) is 11.0. The van der Waals surface area contributed by atoms with Crippen molar-refractivity contribution in [1.29, 1.82) is 0 Å². The molecule has 30 heavy (non-hydrogen) atoms. The molecule has 1 aliphatic heterocycles. The van der Waals surface area contributed by atoms with Crippen molar-refractivity contribution in [2.24, 2.45) is 17.8 Å². The summed E-state index contributed by atoms with van der Waals surface area (Å²) in [6, 6.07) is 9.70. The van der Waals surface area contributed by atoms with Gasteiger partial charge in [0.05, 0.1) is 24.9 Å². The third-order valence-electron chi connectivity index (χ3n) is 6.83. The van der Waals surface area contributed by atoms with Gasteiger partial charge in [-0.2, -0.15) is 5.10 Å². The number of anilines is 1. The van der Waals surface area contributed by atoms with Crippen molar-refractivity contribution in [1.82, 2.24) is 14.7 Å². The van der Waals surface area contributed by atoms with Gasteiger partial charge < -0.3 is 19.7 Å². The van der Waals surface area contributed by atoms with E-state index in [0.29, 0.717) is 23.3 Å². The molecule has 2 aromatic rings. The minimum Gasteiger partial charge on any atom is -0.495 e. The van der Waals surface area contributed by atoms with Crippen LogP contribution in [0.25, 0.3) is 0 Å². The number of hydrogen-bond donors (Lipinski definition) is 1. The second-order valence-corrected chi connectivity index (χ2v) is 8.90. The number of methoxy groups -OCH3 is 1. The molecule has 0 bridgehead atoms. The number of amides is 2. The number of nitrogens with zero attached hydrogens (tertiary/aromatic N) is 3. The molecule has 0 radical (unpaired) electrons. The van der Waals surface area contributed by atoms with Gasteiger partial charge in [0, 0.05) is 32.1 Å². The van der Waals surface area contributed by atoms with E-state index >= 15 is 0 Å². The average molecular weight is 411 g/mol. The predicted molar refractivity (Wildman–Crippen MR) is 114 cm³/mol. The standard InChI is InChI=1S/C23H30N4O3/c1-29-21-6-3-2-5-19(21)25-23(28)26-13-17-11-20(27-10-4-9-24-27)22(12-18(17)14-26)30-15-16-7-8-16/h2-6,9-10,16-18,20,22H,7-8,11-15H2,1H3,(H,25,28)/t17-,18+,20-,22-/m0/s1. The van der Waals surface area contributed by atoms with Crippen LogP contribution in [0.4, 0.5) is 10.5 Å². The smallest absolute Gasteiger partial charge is 0.321 e. The molecule has 2 aliphatic carbocycles. The Bertz CT molecular complexity index is 867. The lowest BCUT2D eigenvalue weighted by molar-refractivity contribution is -0.0371. The molecule has 5 rings (SSSR count). The Kier molecular flexibility index (Phi) is 5.37. The first-order valence-corrected chi connectivity index (χ1v) is 11.0. The maximum Gasteiger partial charge on any atom is 0.321 e. The third-order valence-corrected chi connectivity index (χ3v) is 6.83. The van der Waals surface area contributed by atoms with Gasteiger partial charge in [-0.25, -0.2) is 4.79 Å². The number of hydrogen-bond acceptors (Lipinski definition) is 4. The van der Waals surface area contributed by atoms with E-state index < -0.39 is 0 Å². The van der Waals surface area contributed by atoms with Crippen molar-refractivity contribution in [2.45, 2.75) is 37.8 Å². The molecule has 1 aromatic carbocycles. The molecule has 2 heterocycles. The Balaban J connectivity index is 1.26. The highest BCUT2D eigenvalue weighted by Crippen LogP contribution is 2.43. The summed E-state index contributed by atoms with van der Waals surface area (Å²) in [6.07, 6.45) is 8.62. The summed E-state index contributed by atoms with van der Waals surface area (Å²) in [4.78, 5) is 14.9. The SMILES string of the molecule is COc1ccccc1NC(=O)N1C[C@H]2C[C@H](OCC3CC3)[C@@H](n3cccn3)C[C@H]2C1. The van der Waals surface area contributed by atoms with Crippen molar-refractivity contribution in [3.8, 4) is 5.75 Å². The summed E-state index contributed by atoms with van der Waals surface area (Å²) < 4.78 is 13.8. The summed E-state index contributed by atoms with van der Waals surface area (Å²) >= 11 is 0. The van der Waals surface area contributed by atoms with Crippen LogP contribution in [0.15, 0.2) is 42.7 Å². The second kappa shape index (κ2) is 8.30. The largest absolute Gasteiger partial charge is 0.495 e. The number of ether oxygens (including phenoxy) is 2. The summed E-state index contributed by atoms with van der Waals surface area (Å²) in [6.45, 7) is 2.41. The van der Waals surface area contributed by atoms with Crippen molar-refractivity contribution >= 4 is 11.7 Å². The van der Waals surface area contributed by atoms with Crippen LogP contribution < -0.4 is 10.1 Å². The van der Waals surface area contributed by atoms with Crippen LogP contribution in [0.1, 0.15) is 31.7 Å². The lowest BCUT2D eigenvalue weighted by Gasteiger charge is -2.37. The number of fused-ring (bicyclic) bond motifs is 1. The van der Waals surface area contributed by atoms with Crippen molar-refractivity contribution in [3.63, 3.8) is 0 Å². The van der Waals surface area contributed by atoms with Gasteiger partial charge >= 0.3 is 6.03 Å². The Morgan fingerprint density at radius 1 is 1.17 bits per heavy atom. The number of carbonyl (C=O) groups excluding carboxylic acids is 1. The molecule has 7 nitrogen and oxygen atoms in total. The van der Waals surface area contributed by atoms with Crippen LogP contribution >= 0.6 is 0 Å².